The van der Waals surface area contributed by atoms with Crippen molar-refractivity contribution < 1.29 is 9.47 Å². The van der Waals surface area contributed by atoms with E-state index in [0.717, 1.165) is 51.4 Å². The second kappa shape index (κ2) is 8.25. The molecule has 1 atom stereocenters. The molecule has 1 unspecified atom stereocenters. The van der Waals surface area contributed by atoms with E-state index in [0.29, 0.717) is 12.5 Å². The topological polar surface area (TPSA) is 43.4 Å². The Labute approximate surface area is 115 Å². The largest absolute Gasteiger partial charge is 0.381 e. The van der Waals surface area contributed by atoms with Crippen LogP contribution in [0.1, 0.15) is 31.0 Å². The first-order chi connectivity index (χ1) is 9.38. The molecule has 0 aliphatic carbocycles. The molecule has 0 saturated carbocycles. The Bertz CT molecular complexity index is 348. The van der Waals surface area contributed by atoms with E-state index in [-0.39, 0.29) is 0 Å². The highest BCUT2D eigenvalue weighted by Crippen LogP contribution is 2.13. The minimum absolute atomic E-state index is 0.567. The Hall–Kier alpha value is -0.970. The van der Waals surface area contributed by atoms with Crippen molar-refractivity contribution in [2.45, 2.75) is 32.9 Å². The summed E-state index contributed by atoms with van der Waals surface area (Å²) in [6.45, 7) is 7.21. The molecule has 1 aromatic heterocycles. The van der Waals surface area contributed by atoms with Crippen molar-refractivity contribution in [1.82, 2.24) is 10.3 Å². The van der Waals surface area contributed by atoms with E-state index in [4.69, 9.17) is 9.47 Å². The molecule has 1 N–H and O–H groups in total. The lowest BCUT2D eigenvalue weighted by Crippen LogP contribution is -2.14. The van der Waals surface area contributed by atoms with Gasteiger partial charge in [-0.15, -0.1) is 0 Å². The summed E-state index contributed by atoms with van der Waals surface area (Å²) in [4.78, 5) is 4.43. The zero-order valence-electron chi connectivity index (χ0n) is 11.7. The highest BCUT2D eigenvalue weighted by Gasteiger charge is 2.15. The predicted octanol–water partition coefficient (Wildman–Crippen LogP) is 2.13. The summed E-state index contributed by atoms with van der Waals surface area (Å²) in [5.74, 6) is 0.567. The van der Waals surface area contributed by atoms with Crippen LogP contribution in [0.25, 0.3) is 0 Å². The van der Waals surface area contributed by atoms with Gasteiger partial charge in [0.05, 0.1) is 25.5 Å². The molecule has 1 aliphatic heterocycles. The van der Waals surface area contributed by atoms with Crippen molar-refractivity contribution >= 4 is 0 Å². The smallest absolute Gasteiger partial charge is 0.0887 e. The third kappa shape index (κ3) is 5.27. The van der Waals surface area contributed by atoms with E-state index < -0.39 is 0 Å². The lowest BCUT2D eigenvalue weighted by molar-refractivity contribution is 0.0773. The zero-order chi connectivity index (χ0) is 13.3. The Morgan fingerprint density at radius 3 is 3.11 bits per heavy atom. The van der Waals surface area contributed by atoms with Crippen molar-refractivity contribution in [1.29, 1.82) is 0 Å². The average molecular weight is 264 g/mol. The number of rotatable bonds is 8. The van der Waals surface area contributed by atoms with Gasteiger partial charge in [-0.3, -0.25) is 4.98 Å². The number of aromatic nitrogens is 1. The molecule has 0 aromatic carbocycles. The summed E-state index contributed by atoms with van der Waals surface area (Å²) >= 11 is 0. The quantitative estimate of drug-likeness (QED) is 0.731. The van der Waals surface area contributed by atoms with Gasteiger partial charge in [-0.25, -0.2) is 0 Å². The maximum absolute atomic E-state index is 5.68. The second-order valence-electron chi connectivity index (χ2n) is 5.08. The van der Waals surface area contributed by atoms with Gasteiger partial charge in [0.2, 0.25) is 0 Å². The Morgan fingerprint density at radius 1 is 1.47 bits per heavy atom. The van der Waals surface area contributed by atoms with Crippen LogP contribution >= 0.6 is 0 Å². The van der Waals surface area contributed by atoms with Gasteiger partial charge in [0.25, 0.3) is 0 Å². The Balaban J connectivity index is 1.66. The first-order valence-corrected chi connectivity index (χ1v) is 7.18. The van der Waals surface area contributed by atoms with Crippen LogP contribution in [0, 0.1) is 5.92 Å². The molecule has 0 radical (unpaired) electrons. The molecule has 2 rings (SSSR count). The monoisotopic (exact) mass is 264 g/mol. The normalized spacial score (nSPS) is 18.9. The molecule has 1 aliphatic rings. The second-order valence-corrected chi connectivity index (χ2v) is 5.08. The van der Waals surface area contributed by atoms with Crippen molar-refractivity contribution in [2.24, 2.45) is 5.92 Å². The van der Waals surface area contributed by atoms with Crippen LogP contribution in [0.5, 0.6) is 0 Å². The number of hydrogen-bond donors (Lipinski definition) is 1. The molecular weight excluding hydrogens is 240 g/mol. The summed E-state index contributed by atoms with van der Waals surface area (Å²) in [6, 6.07) is 4.17. The molecule has 1 fully saturated rings. The molecule has 19 heavy (non-hydrogen) atoms. The van der Waals surface area contributed by atoms with Crippen molar-refractivity contribution in [3.05, 3.63) is 29.6 Å². The van der Waals surface area contributed by atoms with Gasteiger partial charge < -0.3 is 14.8 Å². The van der Waals surface area contributed by atoms with Crippen LogP contribution in [0.15, 0.2) is 18.3 Å². The minimum atomic E-state index is 0.567. The van der Waals surface area contributed by atoms with Crippen LogP contribution in [-0.2, 0) is 22.6 Å². The van der Waals surface area contributed by atoms with Crippen molar-refractivity contribution in [3.8, 4) is 0 Å². The first kappa shape index (κ1) is 14.4. The van der Waals surface area contributed by atoms with Crippen LogP contribution < -0.4 is 5.32 Å². The zero-order valence-corrected chi connectivity index (χ0v) is 11.7. The summed E-state index contributed by atoms with van der Waals surface area (Å²) < 4.78 is 11.0. The summed E-state index contributed by atoms with van der Waals surface area (Å²) in [5, 5.41) is 3.37. The van der Waals surface area contributed by atoms with Gasteiger partial charge in [0, 0.05) is 25.3 Å². The minimum Gasteiger partial charge on any atom is -0.381 e. The average Bonchev–Trinajstić information content (AvgIpc) is 2.94. The molecular formula is C15H24N2O2. The SMILES string of the molecule is CCCNCc1ccc(COCC2CCOC2)nc1. The fourth-order valence-electron chi connectivity index (χ4n) is 2.10. The number of hydrogen-bond acceptors (Lipinski definition) is 4. The number of nitrogens with zero attached hydrogens (tertiary/aromatic N) is 1. The van der Waals surface area contributed by atoms with E-state index in [9.17, 15) is 0 Å². The molecule has 106 valence electrons. The van der Waals surface area contributed by atoms with Gasteiger partial charge in [-0.2, -0.15) is 0 Å². The van der Waals surface area contributed by atoms with Gasteiger partial charge >= 0.3 is 0 Å². The third-order valence-corrected chi connectivity index (χ3v) is 3.27. The molecule has 1 aromatic rings. The summed E-state index contributed by atoms with van der Waals surface area (Å²) in [7, 11) is 0. The Morgan fingerprint density at radius 2 is 2.42 bits per heavy atom. The molecule has 4 nitrogen and oxygen atoms in total. The van der Waals surface area contributed by atoms with E-state index >= 15 is 0 Å². The summed E-state index contributed by atoms with van der Waals surface area (Å²) in [6.07, 6.45) is 4.21. The van der Waals surface area contributed by atoms with E-state index in [1.165, 1.54) is 5.56 Å². The molecule has 0 amide bonds. The van der Waals surface area contributed by atoms with E-state index in [2.05, 4.69) is 23.3 Å². The van der Waals surface area contributed by atoms with Gasteiger partial charge in [-0.05, 0) is 31.0 Å². The van der Waals surface area contributed by atoms with Crippen LogP contribution in [0.3, 0.4) is 0 Å². The maximum atomic E-state index is 5.68. The highest BCUT2D eigenvalue weighted by molar-refractivity contribution is 5.13. The van der Waals surface area contributed by atoms with E-state index in [1.807, 2.05) is 12.3 Å². The summed E-state index contributed by atoms with van der Waals surface area (Å²) in [5.41, 5.74) is 2.22. The first-order valence-electron chi connectivity index (χ1n) is 7.18. The molecule has 4 heteroatoms. The number of ether oxygens (including phenoxy) is 2. The fourth-order valence-corrected chi connectivity index (χ4v) is 2.10. The van der Waals surface area contributed by atoms with Crippen molar-refractivity contribution in [2.75, 3.05) is 26.4 Å². The lowest BCUT2D eigenvalue weighted by Gasteiger charge is -2.09. The third-order valence-electron chi connectivity index (χ3n) is 3.27. The van der Waals surface area contributed by atoms with Gasteiger partial charge in [-0.1, -0.05) is 13.0 Å². The van der Waals surface area contributed by atoms with Crippen LogP contribution in [0.2, 0.25) is 0 Å². The lowest BCUT2D eigenvalue weighted by atomic mass is 10.1. The number of pyridine rings is 1. The van der Waals surface area contributed by atoms with Gasteiger partial charge in [0.1, 0.15) is 0 Å². The standard InChI is InChI=1S/C15H24N2O2/c1-2-6-16-8-13-3-4-15(17-9-13)12-19-11-14-5-7-18-10-14/h3-4,9,14,16H,2,5-8,10-12H2,1H3. The Kier molecular flexibility index (Phi) is 6.27. The molecule has 1 saturated heterocycles. The van der Waals surface area contributed by atoms with E-state index in [1.54, 1.807) is 0 Å². The predicted molar refractivity (Wildman–Crippen MR) is 74.8 cm³/mol. The van der Waals surface area contributed by atoms with Crippen LogP contribution in [0.4, 0.5) is 0 Å². The highest BCUT2D eigenvalue weighted by atomic mass is 16.5. The fraction of sp³-hybridized carbons (Fsp3) is 0.667. The molecule has 0 spiro atoms. The van der Waals surface area contributed by atoms with Gasteiger partial charge in [0.15, 0.2) is 0 Å². The van der Waals surface area contributed by atoms with Crippen LogP contribution in [-0.4, -0.2) is 31.3 Å². The molecule has 2 heterocycles. The molecule has 0 bridgehead atoms. The maximum Gasteiger partial charge on any atom is 0.0887 e. The number of nitrogens with one attached hydrogen (secondary N) is 1. The van der Waals surface area contributed by atoms with Crippen molar-refractivity contribution in [3.63, 3.8) is 0 Å².